The molecule has 0 radical (unpaired) electrons. The van der Waals surface area contributed by atoms with Gasteiger partial charge in [0.2, 0.25) is 0 Å². The zero-order valence-corrected chi connectivity index (χ0v) is 14.6. The van der Waals surface area contributed by atoms with E-state index < -0.39 is 23.8 Å². The number of nitrogens with two attached hydrogens (primary N) is 1. The second-order valence-corrected chi connectivity index (χ2v) is 6.10. The molecule has 3 rings (SSSR count). The zero-order valence-electron chi connectivity index (χ0n) is 14.6. The Balaban J connectivity index is 2.13. The molecule has 1 atom stereocenters. The number of ether oxygens (including phenoxy) is 1. The van der Waals surface area contributed by atoms with Gasteiger partial charge >= 0.3 is 12.1 Å². The van der Waals surface area contributed by atoms with Crippen LogP contribution in [0, 0.1) is 6.92 Å². The normalized spacial score (nSPS) is 13.0. The molecule has 0 spiro atoms. The number of methoxy groups -OCH3 is 1. The molecule has 3 aromatic rings. The molecule has 142 valence electrons. The first-order valence-corrected chi connectivity index (χ1v) is 8.05. The lowest BCUT2D eigenvalue weighted by Crippen LogP contribution is -2.34. The standard InChI is InChI=1S/C18H17F3N4O2/c1-10-7-13(18(19,20)21)15(24-9-10)12-4-3-11(8-14(22)17(26)27-2)25-6-5-23-16(12)25/h3-7,9,14H,8,22H2,1-2H3/t14-/m0/s1. The summed E-state index contributed by atoms with van der Waals surface area (Å²) in [5.74, 6) is -0.577. The van der Waals surface area contributed by atoms with Crippen molar-refractivity contribution in [3.63, 3.8) is 0 Å². The summed E-state index contributed by atoms with van der Waals surface area (Å²) in [6.07, 6.45) is 0.0370. The Kier molecular flexibility index (Phi) is 4.88. The van der Waals surface area contributed by atoms with E-state index in [1.165, 1.54) is 25.6 Å². The predicted molar refractivity (Wildman–Crippen MR) is 91.9 cm³/mol. The van der Waals surface area contributed by atoms with Gasteiger partial charge in [-0.25, -0.2) is 4.98 Å². The van der Waals surface area contributed by atoms with E-state index >= 15 is 0 Å². The Labute approximate surface area is 152 Å². The molecular formula is C18H17F3N4O2. The van der Waals surface area contributed by atoms with Crippen molar-refractivity contribution in [1.29, 1.82) is 0 Å². The average Bonchev–Trinajstić information content (AvgIpc) is 3.11. The van der Waals surface area contributed by atoms with Crippen molar-refractivity contribution in [3.05, 3.63) is 53.6 Å². The smallest absolute Gasteiger partial charge is 0.418 e. The zero-order chi connectivity index (χ0) is 19.8. The van der Waals surface area contributed by atoms with Crippen molar-refractivity contribution in [2.45, 2.75) is 25.6 Å². The van der Waals surface area contributed by atoms with Crippen LogP contribution in [0.25, 0.3) is 16.9 Å². The third kappa shape index (κ3) is 3.63. The summed E-state index contributed by atoms with van der Waals surface area (Å²) in [5.41, 5.74) is 6.33. The van der Waals surface area contributed by atoms with Gasteiger partial charge in [0.05, 0.1) is 18.4 Å². The summed E-state index contributed by atoms with van der Waals surface area (Å²) in [7, 11) is 1.24. The lowest BCUT2D eigenvalue weighted by molar-refractivity contribution is -0.142. The maximum Gasteiger partial charge on any atom is 0.418 e. The number of nitrogens with zero attached hydrogens (tertiary/aromatic N) is 3. The number of esters is 1. The number of carbonyl (C=O) groups is 1. The van der Waals surface area contributed by atoms with Gasteiger partial charge in [-0.05, 0) is 30.7 Å². The molecule has 27 heavy (non-hydrogen) atoms. The van der Waals surface area contributed by atoms with Gasteiger partial charge in [0, 0.05) is 36.3 Å². The summed E-state index contributed by atoms with van der Waals surface area (Å²) in [4.78, 5) is 19.7. The molecule has 0 unspecified atom stereocenters. The van der Waals surface area contributed by atoms with E-state index in [4.69, 9.17) is 5.73 Å². The summed E-state index contributed by atoms with van der Waals surface area (Å²) in [6.45, 7) is 1.55. The van der Waals surface area contributed by atoms with E-state index in [1.807, 2.05) is 0 Å². The highest BCUT2D eigenvalue weighted by atomic mass is 19.4. The summed E-state index contributed by atoms with van der Waals surface area (Å²) in [6, 6.07) is 3.28. The van der Waals surface area contributed by atoms with Gasteiger partial charge in [0.25, 0.3) is 0 Å². The maximum absolute atomic E-state index is 13.5. The van der Waals surface area contributed by atoms with E-state index in [0.717, 1.165) is 6.07 Å². The molecule has 0 amide bonds. The van der Waals surface area contributed by atoms with Crippen LogP contribution in [0.2, 0.25) is 0 Å². The molecule has 0 fully saturated rings. The number of aryl methyl sites for hydroxylation is 1. The Morgan fingerprint density at radius 2 is 2.07 bits per heavy atom. The first-order chi connectivity index (χ1) is 12.7. The monoisotopic (exact) mass is 378 g/mol. The van der Waals surface area contributed by atoms with E-state index in [9.17, 15) is 18.0 Å². The molecule has 0 bridgehead atoms. The van der Waals surface area contributed by atoms with Gasteiger partial charge in [0.1, 0.15) is 11.7 Å². The first kappa shape index (κ1) is 18.8. The van der Waals surface area contributed by atoms with Gasteiger partial charge in [-0.15, -0.1) is 0 Å². The second kappa shape index (κ2) is 6.99. The van der Waals surface area contributed by atoms with Crippen molar-refractivity contribution in [2.24, 2.45) is 5.73 Å². The predicted octanol–water partition coefficient (Wildman–Crippen LogP) is 2.77. The fourth-order valence-electron chi connectivity index (χ4n) is 2.88. The molecule has 0 saturated carbocycles. The molecule has 9 heteroatoms. The summed E-state index contributed by atoms with van der Waals surface area (Å²) < 4.78 is 46.7. The topological polar surface area (TPSA) is 82.5 Å². The Bertz CT molecular complexity index is 998. The SMILES string of the molecule is COC(=O)[C@@H](N)Cc1ccc(-c2ncc(C)cc2C(F)(F)F)c2nccn12. The molecule has 3 heterocycles. The fourth-order valence-corrected chi connectivity index (χ4v) is 2.88. The van der Waals surface area contributed by atoms with Crippen molar-refractivity contribution in [1.82, 2.24) is 14.4 Å². The number of carbonyl (C=O) groups excluding carboxylic acids is 1. The van der Waals surface area contributed by atoms with Gasteiger partial charge in [0.15, 0.2) is 0 Å². The number of pyridine rings is 2. The van der Waals surface area contributed by atoms with Crippen LogP contribution in [-0.4, -0.2) is 33.5 Å². The van der Waals surface area contributed by atoms with E-state index in [1.54, 1.807) is 23.6 Å². The van der Waals surface area contributed by atoms with Crippen molar-refractivity contribution < 1.29 is 22.7 Å². The third-order valence-electron chi connectivity index (χ3n) is 4.15. The van der Waals surface area contributed by atoms with Crippen LogP contribution < -0.4 is 5.73 Å². The highest BCUT2D eigenvalue weighted by molar-refractivity contribution is 5.78. The largest absolute Gasteiger partial charge is 0.468 e. The van der Waals surface area contributed by atoms with Crippen LogP contribution >= 0.6 is 0 Å². The molecule has 0 saturated heterocycles. The van der Waals surface area contributed by atoms with Crippen LogP contribution in [0.1, 0.15) is 16.8 Å². The van der Waals surface area contributed by atoms with Crippen molar-refractivity contribution in [2.75, 3.05) is 7.11 Å². The Hall–Kier alpha value is -2.94. The number of rotatable bonds is 4. The van der Waals surface area contributed by atoms with Gasteiger partial charge in [-0.2, -0.15) is 13.2 Å². The van der Waals surface area contributed by atoms with E-state index in [2.05, 4.69) is 14.7 Å². The van der Waals surface area contributed by atoms with Gasteiger partial charge in [-0.3, -0.25) is 9.78 Å². The minimum absolute atomic E-state index is 0.146. The Morgan fingerprint density at radius 3 is 2.74 bits per heavy atom. The number of hydrogen-bond acceptors (Lipinski definition) is 5. The van der Waals surface area contributed by atoms with Crippen LogP contribution in [0.15, 0.2) is 36.8 Å². The fraction of sp³-hybridized carbons (Fsp3) is 0.278. The molecule has 0 aliphatic carbocycles. The number of aromatic nitrogens is 3. The quantitative estimate of drug-likeness (QED) is 0.706. The van der Waals surface area contributed by atoms with E-state index in [-0.39, 0.29) is 17.7 Å². The number of alkyl halides is 3. The minimum Gasteiger partial charge on any atom is -0.468 e. The number of halogens is 3. The van der Waals surface area contributed by atoms with Crippen LogP contribution in [0.5, 0.6) is 0 Å². The van der Waals surface area contributed by atoms with Crippen LogP contribution in [0.4, 0.5) is 13.2 Å². The van der Waals surface area contributed by atoms with Crippen molar-refractivity contribution in [3.8, 4) is 11.3 Å². The van der Waals surface area contributed by atoms with Crippen LogP contribution in [-0.2, 0) is 22.1 Å². The average molecular weight is 378 g/mol. The van der Waals surface area contributed by atoms with Crippen LogP contribution in [0.3, 0.4) is 0 Å². The van der Waals surface area contributed by atoms with Gasteiger partial charge < -0.3 is 14.9 Å². The lowest BCUT2D eigenvalue weighted by atomic mass is 10.0. The van der Waals surface area contributed by atoms with Gasteiger partial charge in [-0.1, -0.05) is 0 Å². The van der Waals surface area contributed by atoms with Crippen molar-refractivity contribution >= 4 is 11.6 Å². The maximum atomic E-state index is 13.5. The Morgan fingerprint density at radius 1 is 1.33 bits per heavy atom. The first-order valence-electron chi connectivity index (χ1n) is 8.05. The van der Waals surface area contributed by atoms with E-state index in [0.29, 0.717) is 16.9 Å². The molecule has 3 aromatic heterocycles. The molecule has 0 aliphatic heterocycles. The minimum atomic E-state index is -4.55. The second-order valence-electron chi connectivity index (χ2n) is 6.10. The number of fused-ring (bicyclic) bond motifs is 1. The molecule has 0 aromatic carbocycles. The molecule has 0 aliphatic rings. The highest BCUT2D eigenvalue weighted by Gasteiger charge is 2.35. The summed E-state index contributed by atoms with van der Waals surface area (Å²) in [5, 5.41) is 0. The lowest BCUT2D eigenvalue weighted by Gasteiger charge is -2.15. The molecule has 2 N–H and O–H groups in total. The third-order valence-corrected chi connectivity index (χ3v) is 4.15. The number of imidazole rings is 1. The number of hydrogen-bond donors (Lipinski definition) is 1. The highest BCUT2D eigenvalue weighted by Crippen LogP contribution is 2.37. The molecular weight excluding hydrogens is 361 g/mol. The summed E-state index contributed by atoms with van der Waals surface area (Å²) >= 11 is 0. The molecule has 6 nitrogen and oxygen atoms in total.